The van der Waals surface area contributed by atoms with E-state index in [0.717, 1.165) is 59.0 Å². The zero-order valence-corrected chi connectivity index (χ0v) is 19.3. The van der Waals surface area contributed by atoms with Crippen molar-refractivity contribution < 1.29 is 0 Å². The van der Waals surface area contributed by atoms with Gasteiger partial charge in [-0.15, -0.1) is 0 Å². The Bertz CT molecular complexity index is 1480. The summed E-state index contributed by atoms with van der Waals surface area (Å²) in [4.78, 5) is 7.43. The number of hydrogen-bond acceptors (Lipinski definition) is 4. The first kappa shape index (κ1) is 20.0. The lowest BCUT2D eigenvalue weighted by molar-refractivity contribution is 0.711. The highest BCUT2D eigenvalue weighted by molar-refractivity contribution is 6.30. The van der Waals surface area contributed by atoms with Gasteiger partial charge in [0, 0.05) is 46.7 Å². The van der Waals surface area contributed by atoms with Crippen LogP contribution in [0.5, 0.6) is 0 Å². The second-order valence-electron chi connectivity index (χ2n) is 8.54. The minimum Gasteiger partial charge on any atom is -0.352 e. The molecule has 0 fully saturated rings. The van der Waals surface area contributed by atoms with Crippen molar-refractivity contribution in [3.63, 3.8) is 0 Å². The number of pyridine rings is 1. The Morgan fingerprint density at radius 3 is 2.67 bits per heavy atom. The summed E-state index contributed by atoms with van der Waals surface area (Å²) in [5.74, 6) is 0.959. The van der Waals surface area contributed by atoms with E-state index in [0.29, 0.717) is 5.02 Å². The SMILES string of the molecule is Cc1cc(N2CCc3[nH]nc(-c4cccc(Cl)c4)c3C2)nc2c1c(C)nn2-c1ccccc1. The van der Waals surface area contributed by atoms with Gasteiger partial charge in [-0.25, -0.2) is 9.67 Å². The molecule has 164 valence electrons. The highest BCUT2D eigenvalue weighted by Crippen LogP contribution is 2.33. The molecule has 1 aliphatic rings. The molecule has 0 bridgehead atoms. The van der Waals surface area contributed by atoms with E-state index in [9.17, 15) is 0 Å². The van der Waals surface area contributed by atoms with Gasteiger partial charge in [-0.3, -0.25) is 5.10 Å². The lowest BCUT2D eigenvalue weighted by atomic mass is 10.0. The van der Waals surface area contributed by atoms with E-state index in [1.165, 1.54) is 16.8 Å². The van der Waals surface area contributed by atoms with E-state index in [2.05, 4.69) is 46.3 Å². The van der Waals surface area contributed by atoms with Gasteiger partial charge < -0.3 is 4.90 Å². The molecule has 0 aliphatic carbocycles. The summed E-state index contributed by atoms with van der Waals surface area (Å²) < 4.78 is 1.95. The summed E-state index contributed by atoms with van der Waals surface area (Å²) in [5.41, 5.74) is 8.45. The van der Waals surface area contributed by atoms with Crippen LogP contribution in [0.4, 0.5) is 5.82 Å². The average molecular weight is 455 g/mol. The topological polar surface area (TPSA) is 62.6 Å². The molecule has 5 aromatic rings. The molecule has 7 heteroatoms. The van der Waals surface area contributed by atoms with Gasteiger partial charge >= 0.3 is 0 Å². The lowest BCUT2D eigenvalue weighted by Gasteiger charge is -2.28. The number of nitrogens with zero attached hydrogens (tertiary/aromatic N) is 5. The molecule has 0 atom stereocenters. The number of benzene rings is 2. The third-order valence-electron chi connectivity index (χ3n) is 6.35. The molecule has 0 amide bonds. The zero-order valence-electron chi connectivity index (χ0n) is 18.5. The van der Waals surface area contributed by atoms with Crippen LogP contribution in [0.3, 0.4) is 0 Å². The summed E-state index contributed by atoms with van der Waals surface area (Å²) in [5, 5.41) is 14.5. The van der Waals surface area contributed by atoms with Crippen molar-refractivity contribution in [2.24, 2.45) is 0 Å². The van der Waals surface area contributed by atoms with Crippen molar-refractivity contribution >= 4 is 28.5 Å². The molecule has 4 heterocycles. The summed E-state index contributed by atoms with van der Waals surface area (Å²) in [6.45, 7) is 5.80. The van der Waals surface area contributed by atoms with Crippen molar-refractivity contribution in [1.82, 2.24) is 25.0 Å². The van der Waals surface area contributed by atoms with Gasteiger partial charge in [0.15, 0.2) is 5.65 Å². The molecule has 0 spiro atoms. The quantitative estimate of drug-likeness (QED) is 0.383. The van der Waals surface area contributed by atoms with E-state index in [1.54, 1.807) is 0 Å². The van der Waals surface area contributed by atoms with Crippen molar-refractivity contribution in [1.29, 1.82) is 0 Å². The number of nitrogens with one attached hydrogen (secondary N) is 1. The second-order valence-corrected chi connectivity index (χ2v) is 8.98. The number of rotatable bonds is 3. The number of aromatic nitrogens is 5. The van der Waals surface area contributed by atoms with Crippen LogP contribution < -0.4 is 4.90 Å². The summed E-state index contributed by atoms with van der Waals surface area (Å²) in [7, 11) is 0. The molecule has 0 unspecified atom stereocenters. The fraction of sp³-hybridized carbons (Fsp3) is 0.192. The molecule has 6 rings (SSSR count). The molecule has 3 aromatic heterocycles. The Morgan fingerprint density at radius 1 is 1.00 bits per heavy atom. The Kier molecular flexibility index (Phi) is 4.69. The van der Waals surface area contributed by atoms with Crippen LogP contribution in [0.2, 0.25) is 5.02 Å². The number of halogens is 1. The van der Waals surface area contributed by atoms with Gasteiger partial charge in [-0.1, -0.05) is 41.9 Å². The molecule has 33 heavy (non-hydrogen) atoms. The molecule has 0 saturated carbocycles. The van der Waals surface area contributed by atoms with Gasteiger partial charge in [0.05, 0.1) is 17.1 Å². The maximum atomic E-state index is 6.24. The fourth-order valence-electron chi connectivity index (χ4n) is 4.76. The minimum absolute atomic E-state index is 0.712. The number of fused-ring (bicyclic) bond motifs is 2. The van der Waals surface area contributed by atoms with Crippen molar-refractivity contribution in [2.75, 3.05) is 11.4 Å². The maximum absolute atomic E-state index is 6.24. The first-order valence-electron chi connectivity index (χ1n) is 11.1. The molecular weight excluding hydrogens is 432 g/mol. The highest BCUT2D eigenvalue weighted by atomic mass is 35.5. The van der Waals surface area contributed by atoms with Gasteiger partial charge in [0.25, 0.3) is 0 Å². The van der Waals surface area contributed by atoms with Crippen LogP contribution in [0.1, 0.15) is 22.5 Å². The van der Waals surface area contributed by atoms with Crippen LogP contribution in [-0.4, -0.2) is 31.5 Å². The number of aryl methyl sites for hydroxylation is 2. The van der Waals surface area contributed by atoms with Gasteiger partial charge in [0.2, 0.25) is 0 Å². The predicted octanol–water partition coefficient (Wildman–Crippen LogP) is 5.64. The van der Waals surface area contributed by atoms with Gasteiger partial charge in [-0.2, -0.15) is 10.2 Å². The summed E-state index contributed by atoms with van der Waals surface area (Å²) in [6, 6.07) is 20.2. The Balaban J connectivity index is 1.42. The summed E-state index contributed by atoms with van der Waals surface area (Å²) in [6.07, 6.45) is 0.888. The smallest absolute Gasteiger partial charge is 0.165 e. The average Bonchev–Trinajstić information content (AvgIpc) is 3.40. The number of para-hydroxylation sites is 1. The predicted molar refractivity (Wildman–Crippen MR) is 132 cm³/mol. The van der Waals surface area contributed by atoms with Crippen molar-refractivity contribution in [3.8, 4) is 16.9 Å². The van der Waals surface area contributed by atoms with Crippen LogP contribution in [-0.2, 0) is 13.0 Å². The van der Waals surface area contributed by atoms with Gasteiger partial charge in [-0.05, 0) is 49.7 Å². The Labute approximate surface area is 196 Å². The molecule has 0 saturated heterocycles. The van der Waals surface area contributed by atoms with Crippen molar-refractivity contribution in [2.45, 2.75) is 26.8 Å². The van der Waals surface area contributed by atoms with Gasteiger partial charge in [0.1, 0.15) is 5.82 Å². The van der Waals surface area contributed by atoms with Crippen LogP contribution in [0.15, 0.2) is 60.7 Å². The van der Waals surface area contributed by atoms with Crippen molar-refractivity contribution in [3.05, 3.63) is 88.2 Å². The van der Waals surface area contributed by atoms with Crippen LogP contribution in [0.25, 0.3) is 28.0 Å². The second kappa shape index (κ2) is 7.74. The fourth-order valence-corrected chi connectivity index (χ4v) is 4.95. The number of hydrogen-bond donors (Lipinski definition) is 1. The van der Waals surface area contributed by atoms with E-state index < -0.39 is 0 Å². The molecule has 1 N–H and O–H groups in total. The number of anilines is 1. The monoisotopic (exact) mass is 454 g/mol. The van der Waals surface area contributed by atoms with E-state index in [1.807, 2.05) is 48.0 Å². The third kappa shape index (κ3) is 3.38. The first-order valence-corrected chi connectivity index (χ1v) is 11.5. The van der Waals surface area contributed by atoms with E-state index in [4.69, 9.17) is 21.7 Å². The minimum atomic E-state index is 0.712. The molecule has 6 nitrogen and oxygen atoms in total. The largest absolute Gasteiger partial charge is 0.352 e. The van der Waals surface area contributed by atoms with E-state index >= 15 is 0 Å². The van der Waals surface area contributed by atoms with Crippen LogP contribution in [0, 0.1) is 13.8 Å². The standard InChI is InChI=1S/C26H23ClN6/c1-16-13-23(28-26-24(16)17(2)31-33(26)20-9-4-3-5-10-20)32-12-11-22-21(15-32)25(30-29-22)18-7-6-8-19(27)14-18/h3-10,13-14H,11-12,15H2,1-2H3,(H,29,30). The molecular formula is C26H23ClN6. The number of aromatic amines is 1. The summed E-state index contributed by atoms with van der Waals surface area (Å²) >= 11 is 6.24. The Hall–Kier alpha value is -3.64. The normalized spacial score (nSPS) is 13.5. The van der Waals surface area contributed by atoms with E-state index in [-0.39, 0.29) is 0 Å². The molecule has 1 aliphatic heterocycles. The number of H-pyrrole nitrogens is 1. The molecule has 0 radical (unpaired) electrons. The third-order valence-corrected chi connectivity index (χ3v) is 6.59. The first-order chi connectivity index (χ1) is 16.1. The zero-order chi connectivity index (χ0) is 22.5. The lowest BCUT2D eigenvalue weighted by Crippen LogP contribution is -2.31. The van der Waals surface area contributed by atoms with Crippen LogP contribution >= 0.6 is 11.6 Å². The highest BCUT2D eigenvalue weighted by Gasteiger charge is 2.25. The Morgan fingerprint density at radius 2 is 1.85 bits per heavy atom. The maximum Gasteiger partial charge on any atom is 0.165 e. The molecule has 2 aromatic carbocycles.